The molecule has 9 heteroatoms. The van der Waals surface area contributed by atoms with Crippen LogP contribution in [0.2, 0.25) is 0 Å². The summed E-state index contributed by atoms with van der Waals surface area (Å²) in [7, 11) is 1.62. The predicted molar refractivity (Wildman–Crippen MR) is 79.2 cm³/mol. The number of pyridine rings is 1. The summed E-state index contributed by atoms with van der Waals surface area (Å²) in [6.07, 6.45) is -4.40. The minimum absolute atomic E-state index is 0.230. The van der Waals surface area contributed by atoms with Gasteiger partial charge in [-0.15, -0.1) is 0 Å². The Morgan fingerprint density at radius 2 is 1.88 bits per heavy atom. The monoisotopic (exact) mass is 336 g/mol. The molecule has 2 rings (SSSR count). The zero-order valence-electron chi connectivity index (χ0n) is 12.4. The van der Waals surface area contributed by atoms with Crippen molar-refractivity contribution in [3.63, 3.8) is 0 Å². The maximum absolute atomic E-state index is 12.5. The first-order chi connectivity index (χ1) is 11.2. The fourth-order valence-corrected chi connectivity index (χ4v) is 2.04. The number of nitrogens with zero attached hydrogens (tertiary/aromatic N) is 4. The number of nitro groups is 1. The Hall–Kier alpha value is -3.15. The smallest absolute Gasteiger partial charge is 0.355 e. The number of benzene rings is 1. The van der Waals surface area contributed by atoms with E-state index in [9.17, 15) is 23.3 Å². The van der Waals surface area contributed by atoms with Gasteiger partial charge in [0.2, 0.25) is 5.69 Å². The lowest BCUT2D eigenvalue weighted by Gasteiger charge is -2.18. The van der Waals surface area contributed by atoms with E-state index in [0.29, 0.717) is 11.4 Å². The van der Waals surface area contributed by atoms with Gasteiger partial charge in [0.15, 0.2) is 0 Å². The standard InChI is InChI=1S/C15H11F3N4O2/c1-21(9-10-2-4-11(5-3-10)15(16,17)18)14-7-6-13(22(23)24)12(8-19)20-14/h2-7H,9H2,1H3. The van der Waals surface area contributed by atoms with Gasteiger partial charge in [0.25, 0.3) is 0 Å². The molecule has 1 aromatic heterocycles. The van der Waals surface area contributed by atoms with Crippen molar-refractivity contribution in [1.29, 1.82) is 5.26 Å². The second kappa shape index (κ2) is 6.54. The van der Waals surface area contributed by atoms with Crippen molar-refractivity contribution in [3.8, 4) is 6.07 Å². The average Bonchev–Trinajstić information content (AvgIpc) is 2.53. The van der Waals surface area contributed by atoms with Crippen LogP contribution in [0.25, 0.3) is 0 Å². The third-order valence-electron chi connectivity index (χ3n) is 3.25. The summed E-state index contributed by atoms with van der Waals surface area (Å²) >= 11 is 0. The van der Waals surface area contributed by atoms with Gasteiger partial charge in [0.1, 0.15) is 11.9 Å². The second-order valence-electron chi connectivity index (χ2n) is 4.96. The first-order valence-electron chi connectivity index (χ1n) is 6.65. The third kappa shape index (κ3) is 3.78. The van der Waals surface area contributed by atoms with Crippen molar-refractivity contribution >= 4 is 11.5 Å². The highest BCUT2D eigenvalue weighted by atomic mass is 19.4. The van der Waals surface area contributed by atoms with Gasteiger partial charge in [-0.05, 0) is 23.8 Å². The van der Waals surface area contributed by atoms with E-state index in [1.807, 2.05) is 0 Å². The number of anilines is 1. The van der Waals surface area contributed by atoms with Crippen LogP contribution in [-0.2, 0) is 12.7 Å². The van der Waals surface area contributed by atoms with Crippen molar-refractivity contribution in [2.45, 2.75) is 12.7 Å². The van der Waals surface area contributed by atoms with Crippen molar-refractivity contribution in [3.05, 3.63) is 63.3 Å². The van der Waals surface area contributed by atoms with E-state index in [1.54, 1.807) is 18.0 Å². The van der Waals surface area contributed by atoms with Gasteiger partial charge in [-0.25, -0.2) is 4.98 Å². The highest BCUT2D eigenvalue weighted by Crippen LogP contribution is 2.29. The average molecular weight is 336 g/mol. The zero-order valence-corrected chi connectivity index (χ0v) is 12.4. The van der Waals surface area contributed by atoms with Gasteiger partial charge in [0, 0.05) is 19.7 Å². The fraction of sp³-hybridized carbons (Fsp3) is 0.200. The molecule has 0 saturated carbocycles. The quantitative estimate of drug-likeness (QED) is 0.630. The molecular formula is C15H11F3N4O2. The topological polar surface area (TPSA) is 83.1 Å². The van der Waals surface area contributed by atoms with Crippen molar-refractivity contribution in [2.24, 2.45) is 0 Å². The Bertz CT molecular complexity index is 798. The third-order valence-corrected chi connectivity index (χ3v) is 3.25. The molecule has 0 unspecified atom stereocenters. The van der Waals surface area contributed by atoms with Crippen LogP contribution in [0, 0.1) is 21.4 Å². The number of nitriles is 1. The van der Waals surface area contributed by atoms with Crippen LogP contribution in [0.15, 0.2) is 36.4 Å². The summed E-state index contributed by atoms with van der Waals surface area (Å²) in [4.78, 5) is 15.6. The van der Waals surface area contributed by atoms with E-state index >= 15 is 0 Å². The van der Waals surface area contributed by atoms with Crippen LogP contribution in [-0.4, -0.2) is 17.0 Å². The Balaban J connectivity index is 2.19. The lowest BCUT2D eigenvalue weighted by Crippen LogP contribution is -2.18. The molecule has 24 heavy (non-hydrogen) atoms. The van der Waals surface area contributed by atoms with E-state index in [-0.39, 0.29) is 12.2 Å². The number of aromatic nitrogens is 1. The minimum atomic E-state index is -4.40. The van der Waals surface area contributed by atoms with Crippen LogP contribution < -0.4 is 4.90 Å². The molecule has 124 valence electrons. The molecule has 0 saturated heterocycles. The van der Waals surface area contributed by atoms with Gasteiger partial charge in [0.05, 0.1) is 10.5 Å². The van der Waals surface area contributed by atoms with E-state index in [2.05, 4.69) is 4.98 Å². The number of hydrogen-bond acceptors (Lipinski definition) is 5. The molecule has 0 spiro atoms. The summed E-state index contributed by atoms with van der Waals surface area (Å²) in [5, 5.41) is 19.7. The van der Waals surface area contributed by atoms with Gasteiger partial charge in [-0.2, -0.15) is 18.4 Å². The number of halogens is 3. The molecule has 0 fully saturated rings. The maximum atomic E-state index is 12.5. The Kier molecular flexibility index (Phi) is 4.69. The first-order valence-corrected chi connectivity index (χ1v) is 6.65. The van der Waals surface area contributed by atoms with Crippen LogP contribution in [0.1, 0.15) is 16.8 Å². The molecule has 0 radical (unpaired) electrons. The van der Waals surface area contributed by atoms with Crippen molar-refractivity contribution in [2.75, 3.05) is 11.9 Å². The molecule has 0 N–H and O–H groups in total. The van der Waals surface area contributed by atoms with E-state index in [0.717, 1.165) is 12.1 Å². The molecule has 0 aliphatic carbocycles. The Labute approximate surface area is 134 Å². The fourth-order valence-electron chi connectivity index (χ4n) is 2.04. The summed E-state index contributed by atoms with van der Waals surface area (Å²) in [6, 6.07) is 8.85. The zero-order chi connectivity index (χ0) is 17.9. The largest absolute Gasteiger partial charge is 0.416 e. The van der Waals surface area contributed by atoms with Gasteiger partial charge < -0.3 is 4.90 Å². The summed E-state index contributed by atoms with van der Waals surface area (Å²) in [5.74, 6) is 0.303. The number of hydrogen-bond donors (Lipinski definition) is 0. The SMILES string of the molecule is CN(Cc1ccc(C(F)(F)F)cc1)c1ccc([N+](=O)[O-])c(C#N)n1. The highest BCUT2D eigenvalue weighted by Gasteiger charge is 2.29. The lowest BCUT2D eigenvalue weighted by molar-refractivity contribution is -0.385. The summed E-state index contributed by atoms with van der Waals surface area (Å²) in [6.45, 7) is 0.230. The van der Waals surface area contributed by atoms with Crippen LogP contribution in [0.5, 0.6) is 0 Å². The maximum Gasteiger partial charge on any atom is 0.416 e. The van der Waals surface area contributed by atoms with E-state index in [4.69, 9.17) is 5.26 Å². The molecule has 0 bridgehead atoms. The van der Waals surface area contributed by atoms with Crippen molar-refractivity contribution < 1.29 is 18.1 Å². The molecule has 2 aromatic rings. The lowest BCUT2D eigenvalue weighted by atomic mass is 10.1. The normalized spacial score (nSPS) is 11.0. The number of alkyl halides is 3. The summed E-state index contributed by atoms with van der Waals surface area (Å²) in [5.41, 5.74) is -0.862. The van der Waals surface area contributed by atoms with Crippen molar-refractivity contribution in [1.82, 2.24) is 4.98 Å². The molecule has 1 aromatic carbocycles. The van der Waals surface area contributed by atoms with Gasteiger partial charge >= 0.3 is 11.9 Å². The molecule has 0 amide bonds. The second-order valence-corrected chi connectivity index (χ2v) is 4.96. The van der Waals surface area contributed by atoms with Gasteiger partial charge in [-0.1, -0.05) is 12.1 Å². The Morgan fingerprint density at radius 3 is 2.38 bits per heavy atom. The molecule has 0 atom stereocenters. The molecule has 1 heterocycles. The molecule has 0 aliphatic rings. The minimum Gasteiger partial charge on any atom is -0.355 e. The van der Waals surface area contributed by atoms with Gasteiger partial charge in [-0.3, -0.25) is 10.1 Å². The Morgan fingerprint density at radius 1 is 1.25 bits per heavy atom. The van der Waals surface area contributed by atoms with E-state index in [1.165, 1.54) is 24.3 Å². The van der Waals surface area contributed by atoms with Crippen LogP contribution in [0.4, 0.5) is 24.7 Å². The molecular weight excluding hydrogens is 325 g/mol. The van der Waals surface area contributed by atoms with E-state index < -0.39 is 22.4 Å². The highest BCUT2D eigenvalue weighted by molar-refractivity contribution is 5.51. The predicted octanol–water partition coefficient (Wildman–Crippen LogP) is 3.52. The summed E-state index contributed by atoms with van der Waals surface area (Å²) < 4.78 is 37.6. The van der Waals surface area contributed by atoms with Crippen LogP contribution in [0.3, 0.4) is 0 Å². The molecule has 0 aliphatic heterocycles. The van der Waals surface area contributed by atoms with Crippen LogP contribution >= 0.6 is 0 Å². The number of rotatable bonds is 4. The first kappa shape index (κ1) is 17.2. The molecule has 6 nitrogen and oxygen atoms in total.